The first-order valence-electron chi connectivity index (χ1n) is 13.8. The highest BCUT2D eigenvalue weighted by atomic mass is 19.1. The summed E-state index contributed by atoms with van der Waals surface area (Å²) in [7, 11) is 4.65. The van der Waals surface area contributed by atoms with Gasteiger partial charge in [0.15, 0.2) is 0 Å². The number of ether oxygens (including phenoxy) is 4. The molecule has 2 fully saturated rings. The number of aliphatic hydroxyl groups is 2. The van der Waals surface area contributed by atoms with Crippen molar-refractivity contribution in [2.75, 3.05) is 47.6 Å². The van der Waals surface area contributed by atoms with E-state index in [1.165, 1.54) is 20.3 Å². The molecule has 2 aliphatic rings. The minimum Gasteiger partial charge on any atom is -0.497 e. The predicted octanol–water partition coefficient (Wildman–Crippen LogP) is 2.84. The van der Waals surface area contributed by atoms with E-state index in [4.69, 9.17) is 24.7 Å². The van der Waals surface area contributed by atoms with Crippen LogP contribution in [0.5, 0.6) is 11.5 Å². The summed E-state index contributed by atoms with van der Waals surface area (Å²) in [5, 5.41) is 22.6. The molecule has 4 rings (SSSR count). The maximum atomic E-state index is 15.7. The summed E-state index contributed by atoms with van der Waals surface area (Å²) >= 11 is 0. The fraction of sp³-hybridized carbons (Fsp3) is 0.567. The van der Waals surface area contributed by atoms with E-state index in [0.717, 1.165) is 0 Å². The monoisotopic (exact) mass is 560 g/mol. The van der Waals surface area contributed by atoms with Crippen molar-refractivity contribution < 1.29 is 38.3 Å². The average molecular weight is 561 g/mol. The highest BCUT2D eigenvalue weighted by Gasteiger charge is 2.46. The number of morpholine rings is 1. The molecule has 2 aromatic rings. The van der Waals surface area contributed by atoms with Gasteiger partial charge in [0.05, 0.1) is 33.5 Å². The zero-order valence-corrected chi connectivity index (χ0v) is 23.5. The Labute approximate surface area is 235 Å². The summed E-state index contributed by atoms with van der Waals surface area (Å²) in [6.07, 6.45) is 0.722. The van der Waals surface area contributed by atoms with E-state index in [1.54, 1.807) is 42.3 Å². The molecule has 1 saturated heterocycles. The molecule has 0 aromatic heterocycles. The molecule has 220 valence electrons. The normalized spacial score (nSPS) is 24.5. The summed E-state index contributed by atoms with van der Waals surface area (Å²) < 4.78 is 37.9. The molecule has 40 heavy (non-hydrogen) atoms. The number of nitrogens with zero attached hydrogens (tertiary/aromatic N) is 1. The molecular weight excluding hydrogens is 519 g/mol. The lowest BCUT2D eigenvalue weighted by Gasteiger charge is -2.43. The quantitative estimate of drug-likeness (QED) is 0.359. The Morgan fingerprint density at radius 3 is 2.50 bits per heavy atom. The van der Waals surface area contributed by atoms with Crippen molar-refractivity contribution in [1.82, 2.24) is 4.90 Å². The second kappa shape index (κ2) is 13.3. The van der Waals surface area contributed by atoms with Crippen LogP contribution in [0.1, 0.15) is 37.7 Å². The number of nitrogens with two attached hydrogens (primary N) is 1. The van der Waals surface area contributed by atoms with Crippen molar-refractivity contribution in [2.24, 2.45) is 11.7 Å². The van der Waals surface area contributed by atoms with Crippen LogP contribution in [-0.4, -0.2) is 86.9 Å². The third-order valence-electron chi connectivity index (χ3n) is 8.11. The number of unbranched alkanes of at least 4 members (excludes halogenated alkanes) is 1. The summed E-state index contributed by atoms with van der Waals surface area (Å²) in [6.45, 7) is 1.22. The van der Waals surface area contributed by atoms with Crippen molar-refractivity contribution in [3.05, 3.63) is 47.8 Å². The number of carbonyl (C=O) groups excluding carboxylic acids is 1. The summed E-state index contributed by atoms with van der Waals surface area (Å²) in [6, 6.07) is 9.28. The van der Waals surface area contributed by atoms with Crippen LogP contribution >= 0.6 is 0 Å². The largest absolute Gasteiger partial charge is 0.497 e. The number of methoxy groups -OCH3 is 3. The Hall–Kier alpha value is -2.76. The Balaban J connectivity index is 1.73. The second-order valence-corrected chi connectivity index (χ2v) is 10.7. The average Bonchev–Trinajstić information content (AvgIpc) is 3.31. The van der Waals surface area contributed by atoms with Gasteiger partial charge in [0.25, 0.3) is 0 Å². The molecule has 0 radical (unpaired) electrons. The third-order valence-corrected chi connectivity index (χ3v) is 8.11. The molecule has 0 spiro atoms. The van der Waals surface area contributed by atoms with Crippen LogP contribution in [0.15, 0.2) is 36.4 Å². The zero-order chi connectivity index (χ0) is 28.9. The van der Waals surface area contributed by atoms with E-state index in [1.807, 2.05) is 0 Å². The zero-order valence-electron chi connectivity index (χ0n) is 23.5. The van der Waals surface area contributed by atoms with Crippen LogP contribution in [0.4, 0.5) is 4.39 Å². The predicted molar refractivity (Wildman–Crippen MR) is 148 cm³/mol. The molecule has 10 heteroatoms. The molecule has 1 aliphatic heterocycles. The molecule has 0 unspecified atom stereocenters. The summed E-state index contributed by atoms with van der Waals surface area (Å²) in [4.78, 5) is 15.1. The number of halogens is 1. The fourth-order valence-electron chi connectivity index (χ4n) is 5.89. The maximum Gasteiger partial charge on any atom is 0.226 e. The number of hydrogen-bond acceptors (Lipinski definition) is 8. The van der Waals surface area contributed by atoms with Crippen LogP contribution in [0.25, 0.3) is 11.1 Å². The molecular formula is C30H41FN2O7. The summed E-state index contributed by atoms with van der Waals surface area (Å²) in [5.74, 6) is -0.0444. The first-order valence-corrected chi connectivity index (χ1v) is 13.8. The molecule has 4 N–H and O–H groups in total. The highest BCUT2D eigenvalue weighted by molar-refractivity contribution is 5.79. The molecule has 1 saturated carbocycles. The van der Waals surface area contributed by atoms with Crippen molar-refractivity contribution in [1.29, 1.82) is 0 Å². The maximum absolute atomic E-state index is 15.7. The van der Waals surface area contributed by atoms with E-state index in [0.29, 0.717) is 61.5 Å². The van der Waals surface area contributed by atoms with Gasteiger partial charge in [-0.05, 0) is 61.4 Å². The minimum atomic E-state index is -1.63. The van der Waals surface area contributed by atoms with Gasteiger partial charge in [0, 0.05) is 43.9 Å². The van der Waals surface area contributed by atoms with Gasteiger partial charge in [0.1, 0.15) is 29.0 Å². The first kappa shape index (κ1) is 30.2. The van der Waals surface area contributed by atoms with Crippen LogP contribution in [0.3, 0.4) is 0 Å². The van der Waals surface area contributed by atoms with Gasteiger partial charge in [-0.15, -0.1) is 0 Å². The van der Waals surface area contributed by atoms with Gasteiger partial charge in [-0.2, -0.15) is 0 Å². The van der Waals surface area contributed by atoms with Gasteiger partial charge in [-0.25, -0.2) is 4.39 Å². The first-order chi connectivity index (χ1) is 19.2. The number of benzene rings is 2. The van der Waals surface area contributed by atoms with Gasteiger partial charge in [-0.3, -0.25) is 4.79 Å². The molecule has 5 atom stereocenters. The molecule has 1 heterocycles. The number of aliphatic hydroxyl groups excluding tert-OH is 1. The van der Waals surface area contributed by atoms with E-state index < -0.39 is 29.7 Å². The molecule has 1 amide bonds. The minimum absolute atomic E-state index is 0.112. The lowest BCUT2D eigenvalue weighted by Crippen LogP contribution is -2.55. The number of amides is 1. The van der Waals surface area contributed by atoms with Crippen molar-refractivity contribution in [3.63, 3.8) is 0 Å². The number of carbonyl (C=O) groups is 1. The van der Waals surface area contributed by atoms with Crippen molar-refractivity contribution >= 4 is 5.91 Å². The topological polar surface area (TPSA) is 124 Å². The summed E-state index contributed by atoms with van der Waals surface area (Å²) in [5.41, 5.74) is 5.39. The van der Waals surface area contributed by atoms with Crippen LogP contribution in [0, 0.1) is 11.7 Å². The van der Waals surface area contributed by atoms with Gasteiger partial charge in [0.2, 0.25) is 5.91 Å². The smallest absolute Gasteiger partial charge is 0.226 e. The van der Waals surface area contributed by atoms with Crippen molar-refractivity contribution in [2.45, 2.75) is 56.0 Å². The standard InChI is InChI=1S/C30H41FN2O7/c1-37-11-5-4-9-30(36,27-18-33(10-12-40-27)29(35)20-15-25(32)26(34)16-20)23-7-6-8-24(31)28(23)19-13-21(38-2)17-22(14-19)39-3/h6-8,13-14,17,20,25-27,34,36H,4-5,9-12,15-16,18,32H2,1-3H3/t20-,25+,26-,27+,30-/m0/s1. The van der Waals surface area contributed by atoms with E-state index in [-0.39, 0.29) is 37.0 Å². The van der Waals surface area contributed by atoms with Gasteiger partial charge >= 0.3 is 0 Å². The second-order valence-electron chi connectivity index (χ2n) is 10.7. The van der Waals surface area contributed by atoms with Crippen molar-refractivity contribution in [3.8, 4) is 22.6 Å². The van der Waals surface area contributed by atoms with E-state index >= 15 is 4.39 Å². The number of hydrogen-bond donors (Lipinski definition) is 3. The van der Waals surface area contributed by atoms with Crippen LogP contribution in [0.2, 0.25) is 0 Å². The lowest BCUT2D eigenvalue weighted by molar-refractivity contribution is -0.167. The Bertz CT molecular complexity index is 1130. The Morgan fingerprint density at radius 1 is 1.15 bits per heavy atom. The van der Waals surface area contributed by atoms with Crippen LogP contribution < -0.4 is 15.2 Å². The Morgan fingerprint density at radius 2 is 1.88 bits per heavy atom. The van der Waals surface area contributed by atoms with Gasteiger partial charge < -0.3 is 39.8 Å². The molecule has 1 aliphatic carbocycles. The van der Waals surface area contributed by atoms with E-state index in [2.05, 4.69) is 0 Å². The number of rotatable bonds is 11. The fourth-order valence-corrected chi connectivity index (χ4v) is 5.89. The van der Waals surface area contributed by atoms with Gasteiger partial charge in [-0.1, -0.05) is 12.1 Å². The van der Waals surface area contributed by atoms with E-state index in [9.17, 15) is 15.0 Å². The molecule has 9 nitrogen and oxygen atoms in total. The molecule has 0 bridgehead atoms. The van der Waals surface area contributed by atoms with Crippen LogP contribution in [-0.2, 0) is 19.9 Å². The lowest BCUT2D eigenvalue weighted by atomic mass is 9.78. The highest BCUT2D eigenvalue weighted by Crippen LogP contribution is 2.43. The SMILES string of the molecule is COCCCC[C@](O)(c1cccc(F)c1-c1cc(OC)cc(OC)c1)[C@H]1CN(C(=O)[C@H]2C[C@@H](N)[C@@H](O)C2)CCO1. The third kappa shape index (κ3) is 6.42. The molecule has 2 aromatic carbocycles. The Kier molecular flexibility index (Phi) is 10.0.